The number of hydrogen-bond donors (Lipinski definition) is 1. The van der Waals surface area contributed by atoms with Crippen molar-refractivity contribution < 1.29 is 21.3 Å². The number of thiophene rings is 1. The summed E-state index contributed by atoms with van der Waals surface area (Å²) >= 11 is 1.08. The molecule has 7 nitrogen and oxygen atoms in total. The molecule has 0 bridgehead atoms. The molecule has 1 unspecified atom stereocenters. The average Bonchev–Trinajstić information content (AvgIpc) is 3.12. The molecule has 2 rings (SSSR count). The minimum atomic E-state index is -3.75. The zero-order chi connectivity index (χ0) is 16.4. The molecule has 0 saturated carbocycles. The van der Waals surface area contributed by atoms with Gasteiger partial charge in [-0.1, -0.05) is 6.07 Å². The summed E-state index contributed by atoms with van der Waals surface area (Å²) in [5.41, 5.74) is 0. The molecule has 0 aromatic carbocycles. The van der Waals surface area contributed by atoms with Crippen molar-refractivity contribution in [1.29, 1.82) is 0 Å². The SMILES string of the molecule is CN(C)S(=O)(=O)NCC(c1ccco1)S(=O)(=O)c1cccs1. The Morgan fingerprint density at radius 2 is 1.95 bits per heavy atom. The van der Waals surface area contributed by atoms with E-state index < -0.39 is 25.3 Å². The van der Waals surface area contributed by atoms with Crippen LogP contribution in [-0.4, -0.2) is 41.8 Å². The van der Waals surface area contributed by atoms with E-state index in [0.29, 0.717) is 0 Å². The lowest BCUT2D eigenvalue weighted by molar-refractivity contribution is 0.477. The van der Waals surface area contributed by atoms with E-state index in [9.17, 15) is 16.8 Å². The van der Waals surface area contributed by atoms with Gasteiger partial charge in [-0.15, -0.1) is 11.3 Å². The van der Waals surface area contributed by atoms with Crippen LogP contribution in [-0.2, 0) is 20.0 Å². The Kier molecular flexibility index (Phi) is 5.07. The smallest absolute Gasteiger partial charge is 0.278 e. The number of furan rings is 1. The van der Waals surface area contributed by atoms with E-state index in [0.717, 1.165) is 15.6 Å². The number of sulfone groups is 1. The summed E-state index contributed by atoms with van der Waals surface area (Å²) in [4.78, 5) is 0. The number of nitrogens with zero attached hydrogens (tertiary/aromatic N) is 1. The maximum absolute atomic E-state index is 12.7. The predicted octanol–water partition coefficient (Wildman–Crippen LogP) is 1.25. The van der Waals surface area contributed by atoms with Crippen molar-refractivity contribution in [3.05, 3.63) is 41.7 Å². The Hall–Kier alpha value is -1.20. The normalized spacial score (nSPS) is 14.3. The first kappa shape index (κ1) is 17.2. The van der Waals surface area contributed by atoms with Crippen molar-refractivity contribution in [1.82, 2.24) is 9.03 Å². The monoisotopic (exact) mass is 364 g/mol. The van der Waals surface area contributed by atoms with Crippen LogP contribution in [0.2, 0.25) is 0 Å². The first-order valence-corrected chi connectivity index (χ1v) is 10.1. The zero-order valence-electron chi connectivity index (χ0n) is 12.0. The highest BCUT2D eigenvalue weighted by Gasteiger charge is 2.33. The molecule has 10 heteroatoms. The maximum Gasteiger partial charge on any atom is 0.278 e. The summed E-state index contributed by atoms with van der Waals surface area (Å²) in [6.07, 6.45) is 1.35. The van der Waals surface area contributed by atoms with Gasteiger partial charge in [-0.25, -0.2) is 13.1 Å². The topological polar surface area (TPSA) is 96.7 Å². The third-order valence-corrected chi connectivity index (χ3v) is 7.93. The van der Waals surface area contributed by atoms with Crippen LogP contribution in [0.3, 0.4) is 0 Å². The lowest BCUT2D eigenvalue weighted by atomic mass is 10.3. The summed E-state index contributed by atoms with van der Waals surface area (Å²) in [7, 11) is -4.76. The molecule has 0 fully saturated rings. The summed E-state index contributed by atoms with van der Waals surface area (Å²) < 4.78 is 57.6. The van der Waals surface area contributed by atoms with Crippen molar-refractivity contribution in [2.45, 2.75) is 9.46 Å². The average molecular weight is 364 g/mol. The lowest BCUT2D eigenvalue weighted by Gasteiger charge is -2.17. The van der Waals surface area contributed by atoms with Gasteiger partial charge < -0.3 is 4.42 Å². The van der Waals surface area contributed by atoms with Gasteiger partial charge in [-0.2, -0.15) is 12.7 Å². The molecule has 0 aliphatic carbocycles. The number of nitrogens with one attached hydrogen (secondary N) is 1. The van der Waals surface area contributed by atoms with E-state index >= 15 is 0 Å². The first-order valence-electron chi connectivity index (χ1n) is 6.23. The molecule has 0 aliphatic rings. The molecule has 2 aromatic heterocycles. The van der Waals surface area contributed by atoms with Crippen LogP contribution in [0.5, 0.6) is 0 Å². The van der Waals surface area contributed by atoms with Gasteiger partial charge in [-0.05, 0) is 23.6 Å². The molecular weight excluding hydrogens is 348 g/mol. The summed E-state index contributed by atoms with van der Waals surface area (Å²) in [5, 5.41) is 0.520. The third kappa shape index (κ3) is 3.58. The van der Waals surface area contributed by atoms with Crippen molar-refractivity contribution in [2.75, 3.05) is 20.6 Å². The highest BCUT2D eigenvalue weighted by Crippen LogP contribution is 2.31. The van der Waals surface area contributed by atoms with E-state index in [1.165, 1.54) is 32.5 Å². The molecule has 2 aromatic rings. The predicted molar refractivity (Wildman–Crippen MR) is 83.6 cm³/mol. The van der Waals surface area contributed by atoms with Gasteiger partial charge in [0.2, 0.25) is 0 Å². The Bertz CT molecular complexity index is 793. The van der Waals surface area contributed by atoms with Crippen LogP contribution in [0.15, 0.2) is 44.5 Å². The lowest BCUT2D eigenvalue weighted by Crippen LogP contribution is -2.39. The number of hydrogen-bond acceptors (Lipinski definition) is 6. The molecule has 22 heavy (non-hydrogen) atoms. The molecule has 1 N–H and O–H groups in total. The highest BCUT2D eigenvalue weighted by atomic mass is 32.2. The van der Waals surface area contributed by atoms with Crippen molar-refractivity contribution >= 4 is 31.4 Å². The van der Waals surface area contributed by atoms with Gasteiger partial charge in [0.15, 0.2) is 9.84 Å². The van der Waals surface area contributed by atoms with Crippen LogP contribution < -0.4 is 4.72 Å². The highest BCUT2D eigenvalue weighted by molar-refractivity contribution is 7.93. The van der Waals surface area contributed by atoms with Crippen molar-refractivity contribution in [3.63, 3.8) is 0 Å². The van der Waals surface area contributed by atoms with Crippen LogP contribution >= 0.6 is 11.3 Å². The van der Waals surface area contributed by atoms with Crippen LogP contribution in [0.1, 0.15) is 11.0 Å². The quantitative estimate of drug-likeness (QED) is 0.797. The molecule has 0 radical (unpaired) electrons. The first-order chi connectivity index (χ1) is 10.2. The van der Waals surface area contributed by atoms with E-state index in [-0.39, 0.29) is 16.5 Å². The minimum Gasteiger partial charge on any atom is -0.468 e. The fourth-order valence-corrected chi connectivity index (χ4v) is 5.25. The second-order valence-electron chi connectivity index (χ2n) is 4.62. The van der Waals surface area contributed by atoms with Crippen molar-refractivity contribution in [2.24, 2.45) is 0 Å². The van der Waals surface area contributed by atoms with E-state index in [4.69, 9.17) is 4.42 Å². The van der Waals surface area contributed by atoms with Gasteiger partial charge in [0.25, 0.3) is 10.2 Å². The molecule has 1 atom stereocenters. The Morgan fingerprint density at radius 1 is 1.23 bits per heavy atom. The standard InChI is InChI=1S/C12H16N2O5S3/c1-14(2)22(17,18)13-9-11(10-5-3-7-19-10)21(15,16)12-6-4-8-20-12/h3-8,11,13H,9H2,1-2H3. The molecule has 122 valence electrons. The van der Waals surface area contributed by atoms with Gasteiger partial charge in [0.1, 0.15) is 15.2 Å². The molecule has 0 saturated heterocycles. The molecular formula is C12H16N2O5S3. The molecule has 2 heterocycles. The fraction of sp³-hybridized carbons (Fsp3) is 0.333. The Morgan fingerprint density at radius 3 is 2.45 bits per heavy atom. The summed E-state index contributed by atoms with van der Waals surface area (Å²) in [6, 6.07) is 6.18. The van der Waals surface area contributed by atoms with Gasteiger partial charge in [0.05, 0.1) is 6.26 Å². The Labute approximate surface area is 133 Å². The largest absolute Gasteiger partial charge is 0.468 e. The van der Waals surface area contributed by atoms with Crippen molar-refractivity contribution in [3.8, 4) is 0 Å². The Balaban J connectivity index is 2.34. The van der Waals surface area contributed by atoms with Gasteiger partial charge in [0, 0.05) is 20.6 Å². The van der Waals surface area contributed by atoms with Crippen LogP contribution in [0.25, 0.3) is 0 Å². The van der Waals surface area contributed by atoms with Gasteiger partial charge >= 0.3 is 0 Å². The molecule has 0 aliphatic heterocycles. The van der Waals surface area contributed by atoms with Crippen LogP contribution in [0.4, 0.5) is 0 Å². The van der Waals surface area contributed by atoms with E-state index in [2.05, 4.69) is 4.72 Å². The van der Waals surface area contributed by atoms with E-state index in [1.54, 1.807) is 17.5 Å². The number of rotatable bonds is 7. The maximum atomic E-state index is 12.7. The molecule has 0 spiro atoms. The second-order valence-corrected chi connectivity index (χ2v) is 9.89. The summed E-state index contributed by atoms with van der Waals surface area (Å²) in [5.74, 6) is 0.190. The zero-order valence-corrected chi connectivity index (χ0v) is 14.4. The third-order valence-electron chi connectivity index (χ3n) is 2.94. The molecule has 0 amide bonds. The second kappa shape index (κ2) is 6.50. The van der Waals surface area contributed by atoms with E-state index in [1.807, 2.05) is 0 Å². The van der Waals surface area contributed by atoms with Gasteiger partial charge in [-0.3, -0.25) is 0 Å². The fourth-order valence-electron chi connectivity index (χ4n) is 1.71. The van der Waals surface area contributed by atoms with Crippen LogP contribution in [0, 0.1) is 0 Å². The summed E-state index contributed by atoms with van der Waals surface area (Å²) in [6.45, 7) is -0.311. The minimum absolute atomic E-state index is 0.165.